The number of nitrogen functional groups attached to an aromatic ring is 1. The van der Waals surface area contributed by atoms with Crippen molar-refractivity contribution in [2.24, 2.45) is 5.41 Å². The van der Waals surface area contributed by atoms with Crippen LogP contribution in [0.3, 0.4) is 0 Å². The van der Waals surface area contributed by atoms with E-state index in [-0.39, 0.29) is 23.8 Å². The van der Waals surface area contributed by atoms with E-state index >= 15 is 0 Å². The summed E-state index contributed by atoms with van der Waals surface area (Å²) in [5, 5.41) is 0. The molecule has 4 rings (SSSR count). The van der Waals surface area contributed by atoms with Gasteiger partial charge in [-0.25, -0.2) is 13.8 Å². The summed E-state index contributed by atoms with van der Waals surface area (Å²) < 4.78 is 26.8. The van der Waals surface area contributed by atoms with Gasteiger partial charge in [-0.1, -0.05) is 0 Å². The standard InChI is InChI=1S/C19H21F2N5O/c20-14-7-13(8-15(21)9-14)11-26-12-19(10-17(26)27)2-5-25(6-3-19)16-1-4-23-18(22)24-16/h1,4,7-9H,2-3,5-6,10-12H2,(H2,22,23,24). The molecule has 2 fully saturated rings. The van der Waals surface area contributed by atoms with Gasteiger partial charge in [-0.3, -0.25) is 4.79 Å². The van der Waals surface area contributed by atoms with Crippen molar-refractivity contribution < 1.29 is 13.6 Å². The zero-order valence-corrected chi connectivity index (χ0v) is 14.9. The van der Waals surface area contributed by atoms with Crippen molar-refractivity contribution in [1.82, 2.24) is 14.9 Å². The quantitative estimate of drug-likeness (QED) is 0.894. The van der Waals surface area contributed by atoms with E-state index in [2.05, 4.69) is 14.9 Å². The number of hydrogen-bond acceptors (Lipinski definition) is 5. The number of carbonyl (C=O) groups excluding carboxylic acids is 1. The van der Waals surface area contributed by atoms with Crippen LogP contribution in [0.2, 0.25) is 0 Å². The van der Waals surface area contributed by atoms with E-state index in [1.54, 1.807) is 11.1 Å². The summed E-state index contributed by atoms with van der Waals surface area (Å²) in [7, 11) is 0. The van der Waals surface area contributed by atoms with Crippen LogP contribution in [0, 0.1) is 17.0 Å². The second-order valence-corrected chi connectivity index (χ2v) is 7.46. The van der Waals surface area contributed by atoms with Gasteiger partial charge in [-0.15, -0.1) is 0 Å². The van der Waals surface area contributed by atoms with Crippen LogP contribution < -0.4 is 10.6 Å². The van der Waals surface area contributed by atoms with Gasteiger partial charge in [0.05, 0.1) is 0 Å². The molecule has 27 heavy (non-hydrogen) atoms. The molecule has 1 amide bonds. The van der Waals surface area contributed by atoms with Gasteiger partial charge in [0.1, 0.15) is 17.5 Å². The van der Waals surface area contributed by atoms with Crippen LogP contribution >= 0.6 is 0 Å². The van der Waals surface area contributed by atoms with E-state index in [0.29, 0.717) is 18.5 Å². The summed E-state index contributed by atoms with van der Waals surface area (Å²) in [5.41, 5.74) is 6.05. The van der Waals surface area contributed by atoms with Gasteiger partial charge in [0.25, 0.3) is 0 Å². The largest absolute Gasteiger partial charge is 0.368 e. The summed E-state index contributed by atoms with van der Waals surface area (Å²) in [4.78, 5) is 24.5. The van der Waals surface area contributed by atoms with E-state index in [4.69, 9.17) is 5.73 Å². The highest BCUT2D eigenvalue weighted by Gasteiger charge is 2.44. The van der Waals surface area contributed by atoms with Gasteiger partial charge in [0, 0.05) is 50.3 Å². The number of aromatic nitrogens is 2. The first-order valence-electron chi connectivity index (χ1n) is 8.99. The lowest BCUT2D eigenvalue weighted by Gasteiger charge is -2.39. The van der Waals surface area contributed by atoms with E-state index in [1.807, 2.05) is 6.07 Å². The van der Waals surface area contributed by atoms with E-state index in [1.165, 1.54) is 12.1 Å². The predicted molar refractivity (Wildman–Crippen MR) is 96.7 cm³/mol. The van der Waals surface area contributed by atoms with Gasteiger partial charge in [-0.2, -0.15) is 4.98 Å². The summed E-state index contributed by atoms with van der Waals surface area (Å²) >= 11 is 0. The topological polar surface area (TPSA) is 75.3 Å². The van der Waals surface area contributed by atoms with Gasteiger partial charge >= 0.3 is 0 Å². The van der Waals surface area contributed by atoms with Crippen molar-refractivity contribution in [3.05, 3.63) is 47.7 Å². The Labute approximate surface area is 156 Å². The van der Waals surface area contributed by atoms with Crippen molar-refractivity contribution in [3.63, 3.8) is 0 Å². The molecule has 2 aliphatic rings. The highest BCUT2D eigenvalue weighted by molar-refractivity contribution is 5.79. The Morgan fingerprint density at radius 2 is 1.85 bits per heavy atom. The molecule has 0 unspecified atom stereocenters. The monoisotopic (exact) mass is 373 g/mol. The number of piperidine rings is 1. The minimum absolute atomic E-state index is 0.0411. The molecule has 2 saturated heterocycles. The summed E-state index contributed by atoms with van der Waals surface area (Å²) in [5.74, 6) is -0.155. The van der Waals surface area contributed by atoms with Crippen molar-refractivity contribution in [2.75, 3.05) is 30.3 Å². The highest BCUT2D eigenvalue weighted by Crippen LogP contribution is 2.42. The fourth-order valence-electron chi connectivity index (χ4n) is 4.13. The number of benzene rings is 1. The van der Waals surface area contributed by atoms with Crippen LogP contribution in [0.25, 0.3) is 0 Å². The molecule has 0 aliphatic carbocycles. The van der Waals surface area contributed by atoms with E-state index in [0.717, 1.165) is 37.8 Å². The predicted octanol–water partition coefficient (Wildman–Crippen LogP) is 2.36. The molecule has 0 atom stereocenters. The molecule has 2 aromatic rings. The Balaban J connectivity index is 1.42. The fraction of sp³-hybridized carbons (Fsp3) is 0.421. The molecule has 1 aromatic heterocycles. The Morgan fingerprint density at radius 3 is 2.52 bits per heavy atom. The fourth-order valence-corrected chi connectivity index (χ4v) is 4.13. The Kier molecular flexibility index (Phi) is 4.41. The first-order chi connectivity index (χ1) is 12.9. The molecule has 8 heteroatoms. The van der Waals surface area contributed by atoms with Crippen LogP contribution in [0.15, 0.2) is 30.5 Å². The average molecular weight is 373 g/mol. The number of carbonyl (C=O) groups is 1. The third-order valence-corrected chi connectivity index (χ3v) is 5.51. The molecule has 1 spiro atoms. The van der Waals surface area contributed by atoms with Crippen LogP contribution in [-0.4, -0.2) is 40.4 Å². The summed E-state index contributed by atoms with van der Waals surface area (Å²) in [6, 6.07) is 5.23. The van der Waals surface area contributed by atoms with Crippen LogP contribution in [0.5, 0.6) is 0 Å². The number of halogens is 2. The molecular weight excluding hydrogens is 352 g/mol. The maximum absolute atomic E-state index is 13.4. The van der Waals surface area contributed by atoms with Gasteiger partial charge < -0.3 is 15.5 Å². The molecule has 2 N–H and O–H groups in total. The molecule has 6 nitrogen and oxygen atoms in total. The molecule has 1 aromatic carbocycles. The number of likely N-dealkylation sites (tertiary alicyclic amines) is 1. The Bertz CT molecular complexity index is 847. The zero-order valence-electron chi connectivity index (χ0n) is 14.9. The zero-order chi connectivity index (χ0) is 19.0. The molecule has 2 aliphatic heterocycles. The van der Waals surface area contributed by atoms with E-state index in [9.17, 15) is 13.6 Å². The number of hydrogen-bond donors (Lipinski definition) is 1. The first kappa shape index (κ1) is 17.6. The molecular formula is C19H21F2N5O. The van der Waals surface area contributed by atoms with Crippen molar-refractivity contribution in [2.45, 2.75) is 25.8 Å². The maximum Gasteiger partial charge on any atom is 0.223 e. The molecule has 0 saturated carbocycles. The number of nitrogens with two attached hydrogens (primary N) is 1. The Hall–Kier alpha value is -2.77. The van der Waals surface area contributed by atoms with Crippen LogP contribution in [0.4, 0.5) is 20.5 Å². The van der Waals surface area contributed by atoms with Gasteiger partial charge in [0.2, 0.25) is 11.9 Å². The van der Waals surface area contributed by atoms with Gasteiger partial charge in [0.15, 0.2) is 0 Å². The van der Waals surface area contributed by atoms with Gasteiger partial charge in [-0.05, 0) is 36.6 Å². The second kappa shape index (κ2) is 6.75. The van der Waals surface area contributed by atoms with Crippen LogP contribution in [0.1, 0.15) is 24.8 Å². The normalized spacial score (nSPS) is 19.1. The lowest BCUT2D eigenvalue weighted by molar-refractivity contribution is -0.128. The van der Waals surface area contributed by atoms with Crippen molar-refractivity contribution >= 4 is 17.7 Å². The number of anilines is 2. The highest BCUT2D eigenvalue weighted by atomic mass is 19.1. The SMILES string of the molecule is Nc1nccc(N2CCC3(CC2)CC(=O)N(Cc2cc(F)cc(F)c2)C3)n1. The number of rotatable bonds is 3. The molecule has 0 radical (unpaired) electrons. The summed E-state index contributed by atoms with van der Waals surface area (Å²) in [6.07, 6.45) is 3.83. The number of amides is 1. The molecule has 142 valence electrons. The van der Waals surface area contributed by atoms with Crippen molar-refractivity contribution in [3.8, 4) is 0 Å². The third-order valence-electron chi connectivity index (χ3n) is 5.51. The first-order valence-corrected chi connectivity index (χ1v) is 8.99. The second-order valence-electron chi connectivity index (χ2n) is 7.46. The third kappa shape index (κ3) is 3.70. The minimum atomic E-state index is -0.621. The van der Waals surface area contributed by atoms with Crippen LogP contribution in [-0.2, 0) is 11.3 Å². The van der Waals surface area contributed by atoms with Crippen molar-refractivity contribution in [1.29, 1.82) is 0 Å². The lowest BCUT2D eigenvalue weighted by Crippen LogP contribution is -2.42. The Morgan fingerprint density at radius 1 is 1.15 bits per heavy atom. The smallest absolute Gasteiger partial charge is 0.223 e. The summed E-state index contributed by atoms with van der Waals surface area (Å²) in [6.45, 7) is 2.42. The minimum Gasteiger partial charge on any atom is -0.368 e. The average Bonchev–Trinajstić information content (AvgIpc) is 2.89. The molecule has 0 bridgehead atoms. The maximum atomic E-state index is 13.4. The lowest BCUT2D eigenvalue weighted by atomic mass is 9.77. The number of nitrogens with zero attached hydrogens (tertiary/aromatic N) is 4. The van der Waals surface area contributed by atoms with E-state index < -0.39 is 11.6 Å². The molecule has 3 heterocycles.